The van der Waals surface area contributed by atoms with Gasteiger partial charge in [-0.2, -0.15) is 0 Å². The van der Waals surface area contributed by atoms with Gasteiger partial charge in [-0.25, -0.2) is 0 Å². The highest BCUT2D eigenvalue weighted by Crippen LogP contribution is 2.12. The largest absolute Gasteiger partial charge is 0.375 e. The zero-order chi connectivity index (χ0) is 16.1. The van der Waals surface area contributed by atoms with Gasteiger partial charge in [0.05, 0.1) is 11.7 Å². The van der Waals surface area contributed by atoms with Gasteiger partial charge in [-0.15, -0.1) is 0 Å². The molecule has 1 aromatic rings. The van der Waals surface area contributed by atoms with Gasteiger partial charge < -0.3 is 14.2 Å². The predicted molar refractivity (Wildman–Crippen MR) is 79.4 cm³/mol. The number of aromatic nitrogens is 1. The zero-order valence-electron chi connectivity index (χ0n) is 13.2. The maximum Gasteiger partial charge on any atom is 0.248 e. The van der Waals surface area contributed by atoms with E-state index in [0.29, 0.717) is 37.8 Å². The first-order valence-corrected chi connectivity index (χ1v) is 7.26. The molecule has 0 bridgehead atoms. The second kappa shape index (κ2) is 7.37. The molecule has 1 aliphatic heterocycles. The average Bonchev–Trinajstić information content (AvgIpc) is 2.92. The van der Waals surface area contributed by atoms with Crippen molar-refractivity contribution in [1.82, 2.24) is 15.0 Å². The molecule has 8 nitrogen and oxygen atoms in total. The van der Waals surface area contributed by atoms with Gasteiger partial charge in [-0.1, -0.05) is 5.16 Å². The number of carbonyl (C=O) groups is 2. The summed E-state index contributed by atoms with van der Waals surface area (Å²) >= 11 is 0. The van der Waals surface area contributed by atoms with Crippen LogP contribution in [0.5, 0.6) is 0 Å². The second-order valence-corrected chi connectivity index (χ2v) is 5.35. The molecule has 1 N–H and O–H groups in total. The van der Waals surface area contributed by atoms with Crippen LogP contribution in [0.15, 0.2) is 10.6 Å². The Labute approximate surface area is 129 Å². The third-order valence-electron chi connectivity index (χ3n) is 3.74. The molecule has 122 valence electrons. The quantitative estimate of drug-likeness (QED) is 0.830. The van der Waals surface area contributed by atoms with Crippen molar-refractivity contribution in [1.29, 1.82) is 0 Å². The van der Waals surface area contributed by atoms with E-state index in [1.165, 1.54) is 7.11 Å². The Hall–Kier alpha value is -1.93. The normalized spacial score (nSPS) is 17.3. The highest BCUT2D eigenvalue weighted by Gasteiger charge is 2.27. The first-order valence-electron chi connectivity index (χ1n) is 7.26. The van der Waals surface area contributed by atoms with Gasteiger partial charge in [0.1, 0.15) is 6.61 Å². The molecular weight excluding hydrogens is 288 g/mol. The van der Waals surface area contributed by atoms with Crippen molar-refractivity contribution in [3.63, 3.8) is 0 Å². The van der Waals surface area contributed by atoms with Crippen LogP contribution < -0.4 is 5.32 Å². The third kappa shape index (κ3) is 4.05. The van der Waals surface area contributed by atoms with Crippen LogP contribution in [-0.4, -0.2) is 72.7 Å². The van der Waals surface area contributed by atoms with Crippen LogP contribution in [0.25, 0.3) is 0 Å². The first kappa shape index (κ1) is 16.4. The predicted octanol–water partition coefficient (Wildman–Crippen LogP) is 0.101. The average molecular weight is 310 g/mol. The fourth-order valence-electron chi connectivity index (χ4n) is 2.39. The Balaban J connectivity index is 1.82. The van der Waals surface area contributed by atoms with Crippen molar-refractivity contribution in [2.45, 2.75) is 19.9 Å². The Bertz CT molecular complexity index is 523. The van der Waals surface area contributed by atoms with Crippen molar-refractivity contribution in [3.8, 4) is 0 Å². The molecule has 2 rings (SSSR count). The standard InChI is InChI=1S/C14H22N4O4/c1-10-8-12(22-16-10)15-14(20)11(2)17-4-6-18(7-5-17)13(19)9-21-3/h8,11H,4-7,9H2,1-3H3,(H,15,20). The van der Waals surface area contributed by atoms with Crippen LogP contribution in [0.3, 0.4) is 0 Å². The summed E-state index contributed by atoms with van der Waals surface area (Å²) in [7, 11) is 1.51. The van der Waals surface area contributed by atoms with Crippen LogP contribution in [0.4, 0.5) is 5.88 Å². The molecule has 0 saturated carbocycles. The summed E-state index contributed by atoms with van der Waals surface area (Å²) in [6.45, 7) is 6.23. The third-order valence-corrected chi connectivity index (χ3v) is 3.74. The minimum absolute atomic E-state index is 0.0172. The molecule has 1 aromatic heterocycles. The molecule has 1 fully saturated rings. The van der Waals surface area contributed by atoms with Crippen molar-refractivity contribution in [3.05, 3.63) is 11.8 Å². The summed E-state index contributed by atoms with van der Waals surface area (Å²) in [5, 5.41) is 6.43. The summed E-state index contributed by atoms with van der Waals surface area (Å²) in [5.41, 5.74) is 0.716. The molecule has 2 amide bonds. The fourth-order valence-corrected chi connectivity index (χ4v) is 2.39. The number of hydrogen-bond acceptors (Lipinski definition) is 6. The number of nitrogens with zero attached hydrogens (tertiary/aromatic N) is 3. The lowest BCUT2D eigenvalue weighted by Crippen LogP contribution is -2.54. The molecule has 0 spiro atoms. The van der Waals surface area contributed by atoms with E-state index in [0.717, 1.165) is 0 Å². The molecule has 8 heteroatoms. The second-order valence-electron chi connectivity index (χ2n) is 5.35. The summed E-state index contributed by atoms with van der Waals surface area (Å²) in [6.07, 6.45) is 0. The summed E-state index contributed by atoms with van der Waals surface area (Å²) in [4.78, 5) is 27.7. The van der Waals surface area contributed by atoms with Gasteiger partial charge in [-0.3, -0.25) is 19.8 Å². The van der Waals surface area contributed by atoms with Gasteiger partial charge in [0.25, 0.3) is 0 Å². The zero-order valence-corrected chi connectivity index (χ0v) is 13.2. The van der Waals surface area contributed by atoms with E-state index in [1.54, 1.807) is 17.9 Å². The smallest absolute Gasteiger partial charge is 0.248 e. The number of rotatable bonds is 5. The number of amides is 2. The van der Waals surface area contributed by atoms with Crippen molar-refractivity contribution >= 4 is 17.7 Å². The number of methoxy groups -OCH3 is 1. The number of nitrogens with one attached hydrogen (secondary N) is 1. The number of piperazine rings is 1. The molecule has 1 unspecified atom stereocenters. The highest BCUT2D eigenvalue weighted by molar-refractivity contribution is 5.93. The van der Waals surface area contributed by atoms with Crippen molar-refractivity contribution in [2.75, 3.05) is 45.2 Å². The van der Waals surface area contributed by atoms with Crippen molar-refractivity contribution < 1.29 is 18.8 Å². The molecule has 1 saturated heterocycles. The van der Waals surface area contributed by atoms with E-state index in [1.807, 2.05) is 11.8 Å². The molecule has 0 radical (unpaired) electrons. The summed E-state index contributed by atoms with van der Waals surface area (Å²) in [5.74, 6) is 0.187. The summed E-state index contributed by atoms with van der Waals surface area (Å²) < 4.78 is 9.83. The first-order chi connectivity index (χ1) is 10.5. The Morgan fingerprint density at radius 1 is 1.41 bits per heavy atom. The number of ether oxygens (including phenoxy) is 1. The molecule has 2 heterocycles. The van der Waals surface area contributed by atoms with Gasteiger partial charge >= 0.3 is 0 Å². The van der Waals surface area contributed by atoms with E-state index in [-0.39, 0.29) is 24.5 Å². The van der Waals surface area contributed by atoms with Gasteiger partial charge in [0.15, 0.2) is 0 Å². The topological polar surface area (TPSA) is 87.9 Å². The SMILES string of the molecule is COCC(=O)N1CCN(C(C)C(=O)Nc2cc(C)no2)CC1. The van der Waals surface area contributed by atoms with E-state index in [2.05, 4.69) is 10.5 Å². The van der Waals surface area contributed by atoms with E-state index >= 15 is 0 Å². The maximum atomic E-state index is 12.2. The number of hydrogen-bond donors (Lipinski definition) is 1. The minimum atomic E-state index is -0.301. The molecule has 22 heavy (non-hydrogen) atoms. The summed E-state index contributed by atoms with van der Waals surface area (Å²) in [6, 6.07) is 1.37. The molecule has 0 aromatic carbocycles. The lowest BCUT2D eigenvalue weighted by molar-refractivity contribution is -0.137. The lowest BCUT2D eigenvalue weighted by Gasteiger charge is -2.37. The van der Waals surface area contributed by atoms with Gasteiger partial charge in [0.2, 0.25) is 17.7 Å². The monoisotopic (exact) mass is 310 g/mol. The number of anilines is 1. The lowest BCUT2D eigenvalue weighted by atomic mass is 10.2. The van der Waals surface area contributed by atoms with Crippen LogP contribution in [0.1, 0.15) is 12.6 Å². The van der Waals surface area contributed by atoms with Crippen LogP contribution in [0, 0.1) is 6.92 Å². The Morgan fingerprint density at radius 2 is 2.09 bits per heavy atom. The number of aryl methyl sites for hydroxylation is 1. The maximum absolute atomic E-state index is 12.2. The van der Waals surface area contributed by atoms with Gasteiger partial charge in [0, 0.05) is 39.4 Å². The molecule has 1 atom stereocenters. The van der Waals surface area contributed by atoms with E-state index < -0.39 is 0 Å². The molecular formula is C14H22N4O4. The minimum Gasteiger partial charge on any atom is -0.375 e. The fraction of sp³-hybridized carbons (Fsp3) is 0.643. The number of carbonyl (C=O) groups excluding carboxylic acids is 2. The highest BCUT2D eigenvalue weighted by atomic mass is 16.5. The van der Waals surface area contributed by atoms with Crippen molar-refractivity contribution in [2.24, 2.45) is 0 Å². The van der Waals surface area contributed by atoms with Gasteiger partial charge in [-0.05, 0) is 13.8 Å². The van der Waals surface area contributed by atoms with Crippen LogP contribution >= 0.6 is 0 Å². The van der Waals surface area contributed by atoms with E-state index in [4.69, 9.17) is 9.26 Å². The van der Waals surface area contributed by atoms with E-state index in [9.17, 15) is 9.59 Å². The Morgan fingerprint density at radius 3 is 2.64 bits per heavy atom. The Kier molecular flexibility index (Phi) is 5.51. The molecule has 0 aliphatic carbocycles. The van der Waals surface area contributed by atoms with Crippen LogP contribution in [0.2, 0.25) is 0 Å². The van der Waals surface area contributed by atoms with Crippen LogP contribution in [-0.2, 0) is 14.3 Å². The molecule has 1 aliphatic rings.